The second-order valence-corrected chi connectivity index (χ2v) is 14.7. The van der Waals surface area contributed by atoms with E-state index in [2.05, 4.69) is 109 Å². The lowest BCUT2D eigenvalue weighted by molar-refractivity contribution is 0.482. The number of aromatic nitrogens is 4. The summed E-state index contributed by atoms with van der Waals surface area (Å²) in [5, 5.41) is 4.11. The first-order valence-electron chi connectivity index (χ1n) is 19.9. The van der Waals surface area contributed by atoms with Crippen LogP contribution in [0.4, 0.5) is 0 Å². The average molecular weight is 771 g/mol. The number of benzene rings is 7. The molecule has 11 rings (SSSR count). The van der Waals surface area contributed by atoms with Gasteiger partial charge in [0.25, 0.3) is 0 Å². The average Bonchev–Trinajstić information content (AvgIpc) is 3.31. The number of para-hydroxylation sites is 2. The predicted octanol–water partition coefficient (Wildman–Crippen LogP) is 14.1. The standard InChI is InChI=1S/C54H34N4O2/c1-3-14-43(15-4-1)59-45-18-8-12-41(33-45)49-30-26-37-22-20-35-24-28-47(55-51(35)53(37)57-49)39-10-7-11-40(32-39)48-29-25-36-21-23-38-27-31-50(58-54(38)52(36)56-48)42-13-9-19-46(34-42)60-44-16-5-2-6-17-44/h1-34H. The van der Waals surface area contributed by atoms with Gasteiger partial charge in [0.2, 0.25) is 0 Å². The molecule has 6 heteroatoms. The monoisotopic (exact) mass is 770 g/mol. The van der Waals surface area contributed by atoms with Gasteiger partial charge in [-0.2, -0.15) is 0 Å². The van der Waals surface area contributed by atoms with Gasteiger partial charge in [-0.25, -0.2) is 19.9 Å². The molecule has 11 aromatic rings. The minimum Gasteiger partial charge on any atom is -0.457 e. The third-order valence-electron chi connectivity index (χ3n) is 10.7. The smallest absolute Gasteiger partial charge is 0.128 e. The molecule has 6 nitrogen and oxygen atoms in total. The minimum atomic E-state index is 0.755. The molecule has 0 bridgehead atoms. The van der Waals surface area contributed by atoms with E-state index in [-0.39, 0.29) is 0 Å². The van der Waals surface area contributed by atoms with Crippen LogP contribution < -0.4 is 9.47 Å². The number of nitrogens with zero attached hydrogens (tertiary/aromatic N) is 4. The van der Waals surface area contributed by atoms with E-state index in [0.717, 1.165) is 112 Å². The van der Waals surface area contributed by atoms with Crippen LogP contribution in [-0.2, 0) is 0 Å². The first-order valence-corrected chi connectivity index (χ1v) is 19.9. The van der Waals surface area contributed by atoms with Gasteiger partial charge in [0, 0.05) is 43.8 Å². The highest BCUT2D eigenvalue weighted by atomic mass is 16.5. The van der Waals surface area contributed by atoms with Crippen molar-refractivity contribution in [3.63, 3.8) is 0 Å². The fourth-order valence-electron chi connectivity index (χ4n) is 7.70. The third kappa shape index (κ3) is 6.82. The molecule has 0 fully saturated rings. The van der Waals surface area contributed by atoms with Gasteiger partial charge in [-0.05, 0) is 78.9 Å². The number of hydrogen-bond acceptors (Lipinski definition) is 6. The van der Waals surface area contributed by atoms with Crippen LogP contribution in [0.1, 0.15) is 0 Å². The van der Waals surface area contributed by atoms with Crippen molar-refractivity contribution in [2.75, 3.05) is 0 Å². The van der Waals surface area contributed by atoms with E-state index >= 15 is 0 Å². The van der Waals surface area contributed by atoms with Crippen LogP contribution in [-0.4, -0.2) is 19.9 Å². The molecule has 60 heavy (non-hydrogen) atoms. The molecule has 0 saturated heterocycles. The van der Waals surface area contributed by atoms with Gasteiger partial charge < -0.3 is 9.47 Å². The topological polar surface area (TPSA) is 70.0 Å². The summed E-state index contributed by atoms with van der Waals surface area (Å²) in [4.78, 5) is 20.9. The second kappa shape index (κ2) is 14.9. The summed E-state index contributed by atoms with van der Waals surface area (Å²) in [6.07, 6.45) is 0. The van der Waals surface area contributed by atoms with Gasteiger partial charge in [0.1, 0.15) is 23.0 Å². The molecule has 7 aromatic carbocycles. The summed E-state index contributed by atoms with van der Waals surface area (Å²) in [6.45, 7) is 0. The van der Waals surface area contributed by atoms with Crippen LogP contribution in [0.2, 0.25) is 0 Å². The van der Waals surface area contributed by atoms with Crippen molar-refractivity contribution in [2.45, 2.75) is 0 Å². The highest BCUT2D eigenvalue weighted by molar-refractivity contribution is 6.05. The molecule has 0 aliphatic rings. The van der Waals surface area contributed by atoms with Gasteiger partial charge in [0.05, 0.1) is 44.8 Å². The van der Waals surface area contributed by atoms with Crippen molar-refractivity contribution in [2.24, 2.45) is 0 Å². The van der Waals surface area contributed by atoms with Crippen molar-refractivity contribution in [1.82, 2.24) is 19.9 Å². The van der Waals surface area contributed by atoms with Crippen molar-refractivity contribution in [1.29, 1.82) is 0 Å². The van der Waals surface area contributed by atoms with E-state index < -0.39 is 0 Å². The van der Waals surface area contributed by atoms with Crippen LogP contribution >= 0.6 is 0 Å². The Balaban J connectivity index is 0.933. The van der Waals surface area contributed by atoms with Crippen molar-refractivity contribution in [3.8, 4) is 68.0 Å². The Hall–Kier alpha value is -8.22. The molecule has 0 radical (unpaired) electrons. The molecule has 4 heterocycles. The summed E-state index contributed by atoms with van der Waals surface area (Å²) in [5.74, 6) is 3.09. The first kappa shape index (κ1) is 35.0. The molecule has 4 aromatic heterocycles. The predicted molar refractivity (Wildman–Crippen MR) is 242 cm³/mol. The number of hydrogen-bond donors (Lipinski definition) is 0. The fourth-order valence-corrected chi connectivity index (χ4v) is 7.70. The van der Waals surface area contributed by atoms with E-state index in [1.165, 1.54) is 0 Å². The van der Waals surface area contributed by atoms with Gasteiger partial charge in [-0.1, -0.05) is 127 Å². The molecule has 0 amide bonds. The largest absolute Gasteiger partial charge is 0.457 e. The first-order chi connectivity index (χ1) is 29.7. The van der Waals surface area contributed by atoms with Crippen LogP contribution in [0.15, 0.2) is 206 Å². The number of ether oxygens (including phenoxy) is 2. The maximum absolute atomic E-state index is 6.13. The number of pyridine rings is 4. The Morgan fingerprint density at radius 2 is 0.517 bits per heavy atom. The normalized spacial score (nSPS) is 11.3. The molecular formula is C54H34N4O2. The quantitative estimate of drug-likeness (QED) is 0.143. The van der Waals surface area contributed by atoms with Gasteiger partial charge in [-0.15, -0.1) is 0 Å². The number of rotatable bonds is 8. The third-order valence-corrected chi connectivity index (χ3v) is 10.7. The lowest BCUT2D eigenvalue weighted by atomic mass is 10.0. The Morgan fingerprint density at radius 1 is 0.233 bits per heavy atom. The van der Waals surface area contributed by atoms with Crippen molar-refractivity contribution < 1.29 is 9.47 Å². The zero-order valence-corrected chi connectivity index (χ0v) is 32.2. The van der Waals surface area contributed by atoms with Crippen LogP contribution in [0, 0.1) is 0 Å². The Bertz CT molecular complexity index is 3170. The molecular weight excluding hydrogens is 737 g/mol. The van der Waals surface area contributed by atoms with E-state index in [4.69, 9.17) is 29.4 Å². The second-order valence-electron chi connectivity index (χ2n) is 14.7. The SMILES string of the molecule is c1ccc(Oc2cccc(-c3ccc4ccc5ccc(-c6cccc(-c7ccc8ccc9ccc(-c%10cccc(Oc%11ccccc%11)c%10)nc9c8n7)c6)nc5c4n3)c2)cc1. The maximum Gasteiger partial charge on any atom is 0.128 e. The maximum atomic E-state index is 6.13. The fraction of sp³-hybridized carbons (Fsp3) is 0. The summed E-state index contributed by atoms with van der Waals surface area (Å²) in [7, 11) is 0. The molecule has 0 unspecified atom stereocenters. The summed E-state index contributed by atoms with van der Waals surface area (Å²) in [5.41, 5.74) is 10.7. The molecule has 0 atom stereocenters. The van der Waals surface area contributed by atoms with Crippen LogP contribution in [0.5, 0.6) is 23.0 Å². The van der Waals surface area contributed by atoms with Gasteiger partial charge in [-0.3, -0.25) is 0 Å². The Labute approximate surface area is 346 Å². The van der Waals surface area contributed by atoms with Crippen LogP contribution in [0.3, 0.4) is 0 Å². The van der Waals surface area contributed by atoms with E-state index in [1.807, 2.05) is 97.1 Å². The van der Waals surface area contributed by atoms with Gasteiger partial charge in [0.15, 0.2) is 0 Å². The summed E-state index contributed by atoms with van der Waals surface area (Å²) < 4.78 is 12.3. The van der Waals surface area contributed by atoms with E-state index in [0.29, 0.717) is 0 Å². The number of fused-ring (bicyclic) bond motifs is 6. The van der Waals surface area contributed by atoms with Crippen molar-refractivity contribution >= 4 is 43.6 Å². The Kier molecular flexibility index (Phi) is 8.71. The summed E-state index contributed by atoms with van der Waals surface area (Å²) in [6, 6.07) is 69.3. The molecule has 0 N–H and O–H groups in total. The van der Waals surface area contributed by atoms with Crippen LogP contribution in [0.25, 0.3) is 88.6 Å². The van der Waals surface area contributed by atoms with E-state index in [1.54, 1.807) is 0 Å². The zero-order chi connectivity index (χ0) is 39.8. The molecule has 0 spiro atoms. The highest BCUT2D eigenvalue weighted by Crippen LogP contribution is 2.34. The van der Waals surface area contributed by atoms with Crippen molar-refractivity contribution in [3.05, 3.63) is 206 Å². The molecule has 0 aliphatic carbocycles. The Morgan fingerprint density at radius 3 is 0.867 bits per heavy atom. The zero-order valence-electron chi connectivity index (χ0n) is 32.2. The van der Waals surface area contributed by atoms with Gasteiger partial charge >= 0.3 is 0 Å². The lowest BCUT2D eigenvalue weighted by Crippen LogP contribution is -1.93. The molecule has 282 valence electrons. The lowest BCUT2D eigenvalue weighted by Gasteiger charge is -2.11. The minimum absolute atomic E-state index is 0.755. The van der Waals surface area contributed by atoms with E-state index in [9.17, 15) is 0 Å². The highest BCUT2D eigenvalue weighted by Gasteiger charge is 2.13. The molecule has 0 saturated carbocycles. The summed E-state index contributed by atoms with van der Waals surface area (Å²) >= 11 is 0. The molecule has 0 aliphatic heterocycles.